The van der Waals surface area contributed by atoms with E-state index in [1.165, 1.54) is 12.8 Å². The van der Waals surface area contributed by atoms with Gasteiger partial charge in [-0.1, -0.05) is 18.2 Å². The molecule has 1 saturated carbocycles. The highest BCUT2D eigenvalue weighted by Gasteiger charge is 2.34. The van der Waals surface area contributed by atoms with Crippen LogP contribution in [0.15, 0.2) is 24.3 Å². The molecular weight excluding hydrogens is 265 g/mol. The smallest absolute Gasteiger partial charge is 0.126 e. The van der Waals surface area contributed by atoms with E-state index in [0.29, 0.717) is 6.04 Å². The fourth-order valence-electron chi connectivity index (χ4n) is 3.28. The second-order valence-electron chi connectivity index (χ2n) is 7.17. The number of hydrogen-bond acceptors (Lipinski definition) is 2. The highest BCUT2D eigenvalue weighted by Crippen LogP contribution is 2.35. The molecule has 1 aromatic rings. The van der Waals surface area contributed by atoms with Crippen molar-refractivity contribution in [3.05, 3.63) is 35.6 Å². The minimum atomic E-state index is -0.0858. The molecule has 2 unspecified atom stereocenters. The zero-order valence-electron chi connectivity index (χ0n) is 13.1. The zero-order chi connectivity index (χ0) is 14.9. The Bertz CT molecular complexity index is 484. The maximum atomic E-state index is 14.1. The lowest BCUT2D eigenvalue weighted by Crippen LogP contribution is -2.28. The number of halogens is 1. The molecule has 3 rings (SSSR count). The van der Waals surface area contributed by atoms with E-state index in [2.05, 4.69) is 19.2 Å². The molecule has 1 heterocycles. The molecule has 2 fully saturated rings. The van der Waals surface area contributed by atoms with Gasteiger partial charge in [0.2, 0.25) is 0 Å². The minimum absolute atomic E-state index is 0.0195. The number of nitrogens with one attached hydrogen (secondary N) is 1. The molecule has 0 aromatic heterocycles. The third-order valence-electron chi connectivity index (χ3n) is 4.68. The number of hydrogen-bond donors (Lipinski definition) is 1. The molecular formula is C18H26FNO. The molecule has 1 saturated heterocycles. The van der Waals surface area contributed by atoms with Gasteiger partial charge in [-0.05, 0) is 57.6 Å². The molecule has 1 N–H and O–H groups in total. The van der Waals surface area contributed by atoms with E-state index in [0.717, 1.165) is 31.4 Å². The molecule has 1 aliphatic heterocycles. The molecule has 0 amide bonds. The van der Waals surface area contributed by atoms with Gasteiger partial charge in [0.25, 0.3) is 0 Å². The molecule has 21 heavy (non-hydrogen) atoms. The van der Waals surface area contributed by atoms with Crippen molar-refractivity contribution in [3.8, 4) is 0 Å². The standard InChI is InChI=1S/C18H26FNO/c1-18(2)10-9-15(21-18)11-13(12-20-14-7-8-14)16-5-3-4-6-17(16)19/h3-6,13-15,20H,7-12H2,1-2H3. The molecule has 0 spiro atoms. The van der Waals surface area contributed by atoms with E-state index < -0.39 is 0 Å². The van der Waals surface area contributed by atoms with Gasteiger partial charge in [-0.15, -0.1) is 0 Å². The van der Waals surface area contributed by atoms with Crippen LogP contribution in [0.4, 0.5) is 4.39 Å². The van der Waals surface area contributed by atoms with Crippen molar-refractivity contribution in [1.29, 1.82) is 0 Å². The fourth-order valence-corrected chi connectivity index (χ4v) is 3.28. The molecule has 3 heteroatoms. The highest BCUT2D eigenvalue weighted by atomic mass is 19.1. The Morgan fingerprint density at radius 2 is 2.05 bits per heavy atom. The van der Waals surface area contributed by atoms with Gasteiger partial charge >= 0.3 is 0 Å². The molecule has 2 aliphatic rings. The summed E-state index contributed by atoms with van der Waals surface area (Å²) in [4.78, 5) is 0. The maximum absolute atomic E-state index is 14.1. The summed E-state index contributed by atoms with van der Waals surface area (Å²) in [5.74, 6) is 0.114. The third kappa shape index (κ3) is 4.04. The van der Waals surface area contributed by atoms with E-state index in [1.807, 2.05) is 12.1 Å². The fraction of sp³-hybridized carbons (Fsp3) is 0.667. The Morgan fingerprint density at radius 3 is 2.67 bits per heavy atom. The van der Waals surface area contributed by atoms with Crippen molar-refractivity contribution < 1.29 is 9.13 Å². The summed E-state index contributed by atoms with van der Waals surface area (Å²) in [6.07, 6.45) is 5.86. The lowest BCUT2D eigenvalue weighted by molar-refractivity contribution is -0.0210. The Labute approximate surface area is 127 Å². The summed E-state index contributed by atoms with van der Waals surface area (Å²) in [6.45, 7) is 5.15. The van der Waals surface area contributed by atoms with Crippen molar-refractivity contribution in [2.24, 2.45) is 0 Å². The Kier molecular flexibility index (Phi) is 4.32. The van der Waals surface area contributed by atoms with E-state index in [9.17, 15) is 4.39 Å². The van der Waals surface area contributed by atoms with Crippen LogP contribution in [0.3, 0.4) is 0 Å². The van der Waals surface area contributed by atoms with E-state index in [1.54, 1.807) is 12.1 Å². The number of ether oxygens (including phenoxy) is 1. The predicted molar refractivity (Wildman–Crippen MR) is 83.0 cm³/mol. The first-order valence-electron chi connectivity index (χ1n) is 8.19. The van der Waals surface area contributed by atoms with Crippen LogP contribution in [0.2, 0.25) is 0 Å². The van der Waals surface area contributed by atoms with Gasteiger partial charge in [0.1, 0.15) is 5.82 Å². The van der Waals surface area contributed by atoms with Gasteiger partial charge in [-0.25, -0.2) is 4.39 Å². The Balaban J connectivity index is 1.68. The van der Waals surface area contributed by atoms with Crippen LogP contribution in [0.1, 0.15) is 57.4 Å². The lowest BCUT2D eigenvalue weighted by atomic mass is 9.91. The molecule has 0 radical (unpaired) electrons. The SMILES string of the molecule is CC1(C)CCC(CC(CNC2CC2)c2ccccc2F)O1. The first-order valence-corrected chi connectivity index (χ1v) is 8.19. The van der Waals surface area contributed by atoms with Gasteiger partial charge < -0.3 is 10.1 Å². The van der Waals surface area contributed by atoms with Gasteiger partial charge in [-0.2, -0.15) is 0 Å². The van der Waals surface area contributed by atoms with E-state index in [-0.39, 0.29) is 23.4 Å². The first kappa shape index (κ1) is 15.0. The highest BCUT2D eigenvalue weighted by molar-refractivity contribution is 5.22. The second kappa shape index (κ2) is 6.05. The summed E-state index contributed by atoms with van der Waals surface area (Å²) in [7, 11) is 0. The first-order chi connectivity index (χ1) is 10.0. The predicted octanol–water partition coefficient (Wildman–Crippen LogP) is 4.01. The summed E-state index contributed by atoms with van der Waals surface area (Å²) < 4.78 is 20.3. The van der Waals surface area contributed by atoms with Crippen molar-refractivity contribution in [1.82, 2.24) is 5.32 Å². The van der Waals surface area contributed by atoms with Crippen LogP contribution in [-0.2, 0) is 4.74 Å². The molecule has 2 atom stereocenters. The summed E-state index contributed by atoms with van der Waals surface area (Å²) in [5.41, 5.74) is 0.813. The van der Waals surface area contributed by atoms with Gasteiger partial charge in [0.05, 0.1) is 11.7 Å². The maximum Gasteiger partial charge on any atom is 0.126 e. The van der Waals surface area contributed by atoms with E-state index >= 15 is 0 Å². The van der Waals surface area contributed by atoms with Gasteiger partial charge in [-0.3, -0.25) is 0 Å². The zero-order valence-corrected chi connectivity index (χ0v) is 13.1. The molecule has 1 aliphatic carbocycles. The minimum Gasteiger partial charge on any atom is -0.372 e. The van der Waals surface area contributed by atoms with Crippen LogP contribution < -0.4 is 5.32 Å². The van der Waals surface area contributed by atoms with Gasteiger partial charge in [0.15, 0.2) is 0 Å². The number of rotatable bonds is 6. The average molecular weight is 291 g/mol. The van der Waals surface area contributed by atoms with E-state index in [4.69, 9.17) is 4.74 Å². The quantitative estimate of drug-likeness (QED) is 0.855. The largest absolute Gasteiger partial charge is 0.372 e. The van der Waals surface area contributed by atoms with Crippen LogP contribution in [0.25, 0.3) is 0 Å². The summed E-state index contributed by atoms with van der Waals surface area (Å²) in [5, 5.41) is 3.55. The van der Waals surface area contributed by atoms with Crippen LogP contribution in [0.5, 0.6) is 0 Å². The average Bonchev–Trinajstić information content (AvgIpc) is 3.20. The van der Waals surface area contributed by atoms with Crippen molar-refractivity contribution in [2.45, 2.75) is 69.6 Å². The molecule has 1 aromatic carbocycles. The number of benzene rings is 1. The Hall–Kier alpha value is -0.930. The lowest BCUT2D eigenvalue weighted by Gasteiger charge is -2.24. The van der Waals surface area contributed by atoms with Crippen molar-refractivity contribution >= 4 is 0 Å². The third-order valence-corrected chi connectivity index (χ3v) is 4.68. The molecule has 116 valence electrons. The van der Waals surface area contributed by atoms with Gasteiger partial charge in [0, 0.05) is 18.5 Å². The summed E-state index contributed by atoms with van der Waals surface area (Å²) in [6, 6.07) is 7.84. The van der Waals surface area contributed by atoms with Crippen LogP contribution in [-0.4, -0.2) is 24.3 Å². The van der Waals surface area contributed by atoms with Crippen LogP contribution >= 0.6 is 0 Å². The van der Waals surface area contributed by atoms with Crippen molar-refractivity contribution in [2.75, 3.05) is 6.54 Å². The van der Waals surface area contributed by atoms with Crippen LogP contribution in [0, 0.1) is 5.82 Å². The monoisotopic (exact) mass is 291 g/mol. The molecule has 2 nitrogen and oxygen atoms in total. The normalized spacial score (nSPS) is 26.0. The summed E-state index contributed by atoms with van der Waals surface area (Å²) >= 11 is 0. The second-order valence-corrected chi connectivity index (χ2v) is 7.17. The van der Waals surface area contributed by atoms with Crippen molar-refractivity contribution in [3.63, 3.8) is 0 Å². The molecule has 0 bridgehead atoms. The topological polar surface area (TPSA) is 21.3 Å². The Morgan fingerprint density at radius 1 is 1.29 bits per heavy atom.